The highest BCUT2D eigenvalue weighted by atomic mass is 16.5. The fourth-order valence-corrected chi connectivity index (χ4v) is 3.25. The van der Waals surface area contributed by atoms with Gasteiger partial charge in [-0.1, -0.05) is 25.0 Å². The number of hydrogen-bond acceptors (Lipinski definition) is 4. The minimum absolute atomic E-state index is 0.309. The molecule has 2 aliphatic rings. The van der Waals surface area contributed by atoms with E-state index in [-0.39, 0.29) is 17.9 Å². The van der Waals surface area contributed by atoms with Crippen molar-refractivity contribution in [3.63, 3.8) is 0 Å². The Labute approximate surface area is 127 Å². The molecule has 1 aromatic carbocycles. The van der Waals surface area contributed by atoms with Crippen LogP contribution in [0.2, 0.25) is 0 Å². The molecule has 6 heteroatoms. The first kappa shape index (κ1) is 14.7. The van der Waals surface area contributed by atoms with Crippen molar-refractivity contribution >= 4 is 17.8 Å². The van der Waals surface area contributed by atoms with Gasteiger partial charge in [-0.25, -0.2) is 4.79 Å². The first-order valence-corrected chi connectivity index (χ1v) is 7.40. The summed E-state index contributed by atoms with van der Waals surface area (Å²) < 4.78 is 5.42. The van der Waals surface area contributed by atoms with E-state index in [1.165, 1.54) is 4.90 Å². The molecule has 1 fully saturated rings. The lowest BCUT2D eigenvalue weighted by Crippen LogP contribution is -2.49. The van der Waals surface area contributed by atoms with Gasteiger partial charge in [-0.15, -0.1) is 0 Å². The number of amides is 2. The van der Waals surface area contributed by atoms with Crippen LogP contribution in [0.5, 0.6) is 0 Å². The van der Waals surface area contributed by atoms with Gasteiger partial charge in [-0.2, -0.15) is 0 Å². The molecule has 1 aliphatic heterocycles. The van der Waals surface area contributed by atoms with E-state index in [0.29, 0.717) is 24.0 Å². The summed E-state index contributed by atoms with van der Waals surface area (Å²) in [6.07, 6.45) is 2.70. The number of rotatable bonds is 4. The van der Waals surface area contributed by atoms with Crippen LogP contribution in [0.4, 0.5) is 0 Å². The van der Waals surface area contributed by atoms with Crippen LogP contribution in [0, 0.1) is 0 Å². The van der Waals surface area contributed by atoms with Crippen LogP contribution < -0.4 is 0 Å². The molecule has 116 valence electrons. The van der Waals surface area contributed by atoms with Crippen LogP contribution in [0.25, 0.3) is 0 Å². The molecule has 0 unspecified atom stereocenters. The highest BCUT2D eigenvalue weighted by Crippen LogP contribution is 2.32. The maximum Gasteiger partial charge on any atom is 0.329 e. The maximum atomic E-state index is 12.5. The molecule has 0 aromatic heterocycles. The van der Waals surface area contributed by atoms with Gasteiger partial charge in [0.2, 0.25) is 0 Å². The number of carbonyl (C=O) groups is 3. The third-order valence-corrected chi connectivity index (χ3v) is 4.25. The molecule has 1 saturated carbocycles. The van der Waals surface area contributed by atoms with Gasteiger partial charge in [0.15, 0.2) is 0 Å². The van der Waals surface area contributed by atoms with E-state index in [9.17, 15) is 14.4 Å². The van der Waals surface area contributed by atoms with Crippen LogP contribution >= 0.6 is 0 Å². The average Bonchev–Trinajstić information content (AvgIpc) is 2.78. The summed E-state index contributed by atoms with van der Waals surface area (Å²) in [5.41, 5.74) is 0.824. The zero-order valence-corrected chi connectivity index (χ0v) is 12.0. The molecule has 3 rings (SSSR count). The number of carbonyl (C=O) groups excluding carboxylic acids is 2. The lowest BCUT2D eigenvalue weighted by Gasteiger charge is -2.36. The minimum atomic E-state index is -1.05. The molecule has 1 heterocycles. The van der Waals surface area contributed by atoms with Crippen molar-refractivity contribution in [1.29, 1.82) is 0 Å². The fraction of sp³-hybridized carbons (Fsp3) is 0.438. The van der Waals surface area contributed by atoms with E-state index in [0.717, 1.165) is 12.8 Å². The summed E-state index contributed by atoms with van der Waals surface area (Å²) >= 11 is 0. The number of carboxylic acids is 1. The highest BCUT2D eigenvalue weighted by molar-refractivity contribution is 6.21. The number of nitrogens with zero attached hydrogens (tertiary/aromatic N) is 1. The quantitative estimate of drug-likeness (QED) is 0.856. The van der Waals surface area contributed by atoms with Gasteiger partial charge in [0, 0.05) is 0 Å². The Bertz CT molecular complexity index is 592. The topological polar surface area (TPSA) is 83.9 Å². The Morgan fingerprint density at radius 2 is 1.73 bits per heavy atom. The molecule has 0 saturated heterocycles. The first-order chi connectivity index (χ1) is 10.6. The molecule has 1 N–H and O–H groups in total. The Morgan fingerprint density at radius 1 is 1.14 bits per heavy atom. The minimum Gasteiger partial charge on any atom is -0.480 e. The molecule has 6 nitrogen and oxygen atoms in total. The zero-order valence-electron chi connectivity index (χ0n) is 12.0. The van der Waals surface area contributed by atoms with E-state index in [1.54, 1.807) is 24.3 Å². The Balaban J connectivity index is 1.84. The maximum absolute atomic E-state index is 12.5. The number of fused-ring (bicyclic) bond motifs is 1. The largest absolute Gasteiger partial charge is 0.480 e. The molecule has 1 aliphatic carbocycles. The lowest BCUT2D eigenvalue weighted by atomic mass is 9.91. The number of benzene rings is 1. The zero-order chi connectivity index (χ0) is 15.7. The summed E-state index contributed by atoms with van der Waals surface area (Å²) in [5.74, 6) is -1.67. The predicted octanol–water partition coefficient (Wildman–Crippen LogP) is 1.70. The van der Waals surface area contributed by atoms with Gasteiger partial charge < -0.3 is 9.84 Å². The van der Waals surface area contributed by atoms with Crippen molar-refractivity contribution in [1.82, 2.24) is 4.90 Å². The van der Waals surface area contributed by atoms with Crippen LogP contribution in [0.1, 0.15) is 46.4 Å². The van der Waals surface area contributed by atoms with Crippen molar-refractivity contribution in [3.05, 3.63) is 35.4 Å². The molecule has 22 heavy (non-hydrogen) atoms. The van der Waals surface area contributed by atoms with Gasteiger partial charge in [-0.3, -0.25) is 14.5 Å². The van der Waals surface area contributed by atoms with Crippen molar-refractivity contribution in [3.8, 4) is 0 Å². The number of carboxylic acid groups (broad SMARTS) is 1. The predicted molar refractivity (Wildman–Crippen MR) is 76.6 cm³/mol. The molecular formula is C16H17NO5. The molecule has 2 amide bonds. The average molecular weight is 303 g/mol. The Hall–Kier alpha value is -2.21. The van der Waals surface area contributed by atoms with Crippen LogP contribution in [0.3, 0.4) is 0 Å². The van der Waals surface area contributed by atoms with Gasteiger partial charge in [-0.05, 0) is 25.0 Å². The molecule has 0 spiro atoms. The smallest absolute Gasteiger partial charge is 0.329 e. The van der Waals surface area contributed by atoms with E-state index in [2.05, 4.69) is 0 Å². The number of hydrogen-bond donors (Lipinski definition) is 1. The molecule has 0 bridgehead atoms. The van der Waals surface area contributed by atoms with Crippen molar-refractivity contribution < 1.29 is 24.2 Å². The first-order valence-electron chi connectivity index (χ1n) is 7.40. The normalized spacial score (nSPS) is 24.5. The molecular weight excluding hydrogens is 286 g/mol. The number of imide groups is 1. The lowest BCUT2D eigenvalue weighted by molar-refractivity contribution is -0.146. The molecule has 0 radical (unpaired) electrons. The van der Waals surface area contributed by atoms with Gasteiger partial charge in [0.05, 0.1) is 23.3 Å². The number of ether oxygens (including phenoxy) is 1. The van der Waals surface area contributed by atoms with E-state index >= 15 is 0 Å². The standard InChI is InChI=1S/C16H17NO5/c18-14(19)9-22-13-8-4-3-7-12(13)17-15(20)10-5-1-2-6-11(10)16(17)21/h1-2,5-6,12-13H,3-4,7-9H2,(H,18,19)/t12-,13-/m0/s1. The second kappa shape index (κ2) is 5.88. The van der Waals surface area contributed by atoms with E-state index in [1.807, 2.05) is 0 Å². The number of aliphatic carboxylic acids is 1. The van der Waals surface area contributed by atoms with Gasteiger partial charge in [0.1, 0.15) is 6.61 Å². The van der Waals surface area contributed by atoms with Crippen molar-refractivity contribution in [2.75, 3.05) is 6.61 Å². The van der Waals surface area contributed by atoms with Crippen molar-refractivity contribution in [2.24, 2.45) is 0 Å². The highest BCUT2D eigenvalue weighted by Gasteiger charge is 2.43. The monoisotopic (exact) mass is 303 g/mol. The Morgan fingerprint density at radius 3 is 2.32 bits per heavy atom. The van der Waals surface area contributed by atoms with Gasteiger partial charge in [0.25, 0.3) is 11.8 Å². The van der Waals surface area contributed by atoms with Crippen molar-refractivity contribution in [2.45, 2.75) is 37.8 Å². The van der Waals surface area contributed by atoms with Crippen LogP contribution in [-0.2, 0) is 9.53 Å². The molecule has 1 aromatic rings. The van der Waals surface area contributed by atoms with Crippen LogP contribution in [0.15, 0.2) is 24.3 Å². The summed E-state index contributed by atoms with van der Waals surface area (Å²) in [6.45, 7) is -0.412. The second-order valence-corrected chi connectivity index (χ2v) is 5.62. The van der Waals surface area contributed by atoms with Gasteiger partial charge >= 0.3 is 5.97 Å². The Kier molecular flexibility index (Phi) is 3.94. The summed E-state index contributed by atoms with van der Waals surface area (Å²) in [6, 6.07) is 6.36. The fourth-order valence-electron chi connectivity index (χ4n) is 3.25. The summed E-state index contributed by atoms with van der Waals surface area (Å²) in [4.78, 5) is 37.0. The third-order valence-electron chi connectivity index (χ3n) is 4.25. The molecule has 2 atom stereocenters. The SMILES string of the molecule is O=C(O)CO[C@H]1CCCC[C@@H]1N1C(=O)c2ccccc2C1=O. The second-order valence-electron chi connectivity index (χ2n) is 5.62. The third kappa shape index (κ3) is 2.50. The van der Waals surface area contributed by atoms with E-state index in [4.69, 9.17) is 9.84 Å². The van der Waals surface area contributed by atoms with Crippen LogP contribution in [-0.4, -0.2) is 46.5 Å². The summed E-state index contributed by atoms with van der Waals surface area (Å²) in [7, 11) is 0. The summed E-state index contributed by atoms with van der Waals surface area (Å²) in [5, 5.41) is 8.77. The van der Waals surface area contributed by atoms with E-state index < -0.39 is 18.7 Å².